The van der Waals surface area contributed by atoms with Crippen LogP contribution in [0.5, 0.6) is 0 Å². The largest absolute Gasteiger partial charge is 0.433 e. The van der Waals surface area contributed by atoms with Gasteiger partial charge in [-0.3, -0.25) is 4.79 Å². The van der Waals surface area contributed by atoms with Crippen LogP contribution in [0.25, 0.3) is 0 Å². The van der Waals surface area contributed by atoms with Crippen LogP contribution in [0.15, 0.2) is 35.2 Å². The summed E-state index contributed by atoms with van der Waals surface area (Å²) in [4.78, 5) is 32.9. The maximum Gasteiger partial charge on any atom is 0.433 e. The summed E-state index contributed by atoms with van der Waals surface area (Å²) >= 11 is 0. The summed E-state index contributed by atoms with van der Waals surface area (Å²) in [5.41, 5.74) is -1.66. The standard InChI is InChI=1S/C21H23BF3N6O4S/c1-14-10-18(21(23,24)25)27-20(26-14)29-6-8-30(9-7-29)36(34,35)17-4-2-16(3-5-17)31-12-15(11-19(31)33)28-22-13-32/h2-5,10,13,15,28H,6-9,11-12H2,1H3/i1D3. The van der Waals surface area contributed by atoms with Gasteiger partial charge in [-0.05, 0) is 37.2 Å². The smallest absolute Gasteiger partial charge is 0.349 e. The molecule has 0 bridgehead atoms. The van der Waals surface area contributed by atoms with E-state index in [9.17, 15) is 31.2 Å². The van der Waals surface area contributed by atoms with Gasteiger partial charge in [-0.25, -0.2) is 18.4 Å². The molecule has 3 heterocycles. The molecule has 15 heteroatoms. The number of aromatic nitrogens is 2. The number of nitrogens with zero attached hydrogens (tertiary/aromatic N) is 5. The first-order valence-electron chi connectivity index (χ1n) is 12.4. The summed E-state index contributed by atoms with van der Waals surface area (Å²) in [7, 11) is -2.76. The van der Waals surface area contributed by atoms with Gasteiger partial charge in [0, 0.05) is 60.7 Å². The third-order valence-corrected chi connectivity index (χ3v) is 7.75. The third-order valence-electron chi connectivity index (χ3n) is 5.84. The van der Waals surface area contributed by atoms with Crippen molar-refractivity contribution >= 4 is 41.2 Å². The van der Waals surface area contributed by atoms with Crippen molar-refractivity contribution in [3.8, 4) is 0 Å². The number of amides is 1. The molecule has 1 amide bonds. The Morgan fingerprint density at radius 2 is 1.86 bits per heavy atom. The number of benzene rings is 1. The van der Waals surface area contributed by atoms with Gasteiger partial charge in [-0.1, -0.05) is 0 Å². The van der Waals surface area contributed by atoms with E-state index >= 15 is 0 Å². The molecule has 4 rings (SSSR count). The van der Waals surface area contributed by atoms with Crippen molar-refractivity contribution in [1.82, 2.24) is 19.5 Å². The van der Waals surface area contributed by atoms with Gasteiger partial charge in [0.15, 0.2) is 0 Å². The maximum absolute atomic E-state index is 13.3. The van der Waals surface area contributed by atoms with Gasteiger partial charge < -0.3 is 19.8 Å². The highest BCUT2D eigenvalue weighted by atomic mass is 32.2. The van der Waals surface area contributed by atoms with Crippen LogP contribution in [0.2, 0.25) is 0 Å². The minimum atomic E-state index is -4.89. The first kappa shape index (κ1) is 22.2. The van der Waals surface area contributed by atoms with Crippen molar-refractivity contribution in [3.63, 3.8) is 0 Å². The number of halogens is 3. The Hall–Kier alpha value is -3.04. The summed E-state index contributed by atoms with van der Waals surface area (Å²) in [5.74, 6) is -0.622. The fourth-order valence-corrected chi connectivity index (χ4v) is 5.46. The lowest BCUT2D eigenvalue weighted by molar-refractivity contribution is -0.141. The first-order chi connectivity index (χ1) is 18.2. The Kier molecular flexibility index (Phi) is 6.25. The van der Waals surface area contributed by atoms with E-state index in [1.807, 2.05) is 0 Å². The molecule has 2 fully saturated rings. The molecule has 0 aliphatic carbocycles. The number of nitrogens with one attached hydrogen (secondary N) is 1. The van der Waals surface area contributed by atoms with E-state index in [0.29, 0.717) is 24.5 Å². The highest BCUT2D eigenvalue weighted by Crippen LogP contribution is 2.30. The molecule has 191 valence electrons. The Bertz CT molecular complexity index is 1310. The molecule has 1 unspecified atom stereocenters. The van der Waals surface area contributed by atoms with E-state index in [4.69, 9.17) is 4.11 Å². The predicted octanol–water partition coefficient (Wildman–Crippen LogP) is 0.819. The lowest BCUT2D eigenvalue weighted by Gasteiger charge is -2.34. The summed E-state index contributed by atoms with van der Waals surface area (Å²) in [6, 6.07) is 5.86. The quantitative estimate of drug-likeness (QED) is 0.417. The number of hydrogen-bond acceptors (Lipinski definition) is 8. The number of anilines is 2. The minimum Gasteiger partial charge on any atom is -0.349 e. The van der Waals surface area contributed by atoms with Crippen LogP contribution in [-0.2, 0) is 25.8 Å². The normalized spacial score (nSPS) is 21.1. The molecule has 2 aliphatic rings. The van der Waals surface area contributed by atoms with Gasteiger partial charge in [-0.2, -0.15) is 17.5 Å². The Labute approximate surface area is 211 Å². The van der Waals surface area contributed by atoms with E-state index in [2.05, 4.69) is 15.2 Å². The lowest BCUT2D eigenvalue weighted by atomic mass is 9.96. The summed E-state index contributed by atoms with van der Waals surface area (Å²) < 4.78 is 89.8. The maximum atomic E-state index is 13.3. The van der Waals surface area contributed by atoms with Crippen LogP contribution in [0.1, 0.15) is 21.9 Å². The number of alkyl halides is 3. The molecule has 2 aliphatic heterocycles. The van der Waals surface area contributed by atoms with E-state index in [1.165, 1.54) is 41.5 Å². The molecule has 2 saturated heterocycles. The van der Waals surface area contributed by atoms with Gasteiger partial charge in [0.2, 0.25) is 21.9 Å². The molecule has 1 atom stereocenters. The molecular weight excluding hydrogens is 500 g/mol. The van der Waals surface area contributed by atoms with Crippen molar-refractivity contribution in [2.75, 3.05) is 42.5 Å². The Balaban J connectivity index is 1.45. The van der Waals surface area contributed by atoms with Crippen molar-refractivity contribution in [2.45, 2.75) is 30.4 Å². The van der Waals surface area contributed by atoms with Gasteiger partial charge in [0.05, 0.1) is 11.1 Å². The van der Waals surface area contributed by atoms with E-state index < -0.39 is 40.4 Å². The van der Waals surface area contributed by atoms with Gasteiger partial charge >= 0.3 is 6.18 Å². The summed E-state index contributed by atoms with van der Waals surface area (Å²) in [6.45, 7) is -2.91. The summed E-state index contributed by atoms with van der Waals surface area (Å²) in [6.07, 6.45) is -4.13. The average Bonchev–Trinajstić information content (AvgIpc) is 3.26. The van der Waals surface area contributed by atoms with Crippen LogP contribution < -0.4 is 15.0 Å². The second-order valence-corrected chi connectivity index (χ2v) is 10.1. The monoisotopic (exact) mass is 526 g/mol. The molecular formula is C21H23BF3N6O4S. The molecule has 36 heavy (non-hydrogen) atoms. The average molecular weight is 526 g/mol. The highest BCUT2D eigenvalue weighted by Gasteiger charge is 2.35. The number of carbonyl (C=O) groups is 2. The fourth-order valence-electron chi connectivity index (χ4n) is 4.04. The number of sulfonamides is 1. The minimum absolute atomic E-state index is 0.0321. The van der Waals surface area contributed by atoms with Crippen molar-refractivity contribution < 1.29 is 35.3 Å². The Morgan fingerprint density at radius 1 is 1.17 bits per heavy atom. The summed E-state index contributed by atoms with van der Waals surface area (Å²) in [5, 5.41) is 2.82. The number of rotatable bonds is 7. The van der Waals surface area contributed by atoms with Crippen LogP contribution in [0.4, 0.5) is 24.8 Å². The second kappa shape index (κ2) is 10.1. The van der Waals surface area contributed by atoms with Crippen LogP contribution in [-0.4, -0.2) is 81.0 Å². The fraction of sp³-hybridized carbons (Fsp3) is 0.429. The lowest BCUT2D eigenvalue weighted by Crippen LogP contribution is -2.49. The zero-order chi connectivity index (χ0) is 28.6. The molecule has 2 aromatic rings. The second-order valence-electron chi connectivity index (χ2n) is 8.20. The van der Waals surface area contributed by atoms with Crippen LogP contribution >= 0.6 is 0 Å². The molecule has 1 radical (unpaired) electrons. The van der Waals surface area contributed by atoms with Gasteiger partial charge in [0.25, 0.3) is 7.41 Å². The zero-order valence-corrected chi connectivity index (χ0v) is 19.6. The van der Waals surface area contributed by atoms with Gasteiger partial charge in [-0.15, -0.1) is 0 Å². The zero-order valence-electron chi connectivity index (χ0n) is 21.8. The van der Waals surface area contributed by atoms with Crippen LogP contribution in [0, 0.1) is 6.85 Å². The van der Waals surface area contributed by atoms with Crippen molar-refractivity contribution in [3.05, 3.63) is 41.7 Å². The molecule has 0 saturated carbocycles. The number of carbonyl (C=O) groups excluding carboxylic acids is 2. The Morgan fingerprint density at radius 3 is 2.47 bits per heavy atom. The molecule has 1 aromatic heterocycles. The molecule has 0 spiro atoms. The highest BCUT2D eigenvalue weighted by molar-refractivity contribution is 7.89. The topological polar surface area (TPSA) is 116 Å². The van der Waals surface area contributed by atoms with E-state index in [-0.39, 0.29) is 49.4 Å². The molecule has 10 nitrogen and oxygen atoms in total. The third kappa shape index (κ3) is 5.52. The van der Waals surface area contributed by atoms with E-state index in [0.717, 1.165) is 4.31 Å². The first-order valence-corrected chi connectivity index (χ1v) is 12.3. The molecule has 1 N–H and O–H groups in total. The van der Waals surface area contributed by atoms with Gasteiger partial charge in [0.1, 0.15) is 5.69 Å². The number of piperazine rings is 1. The van der Waals surface area contributed by atoms with E-state index in [1.54, 1.807) is 0 Å². The number of aryl methyl sites for hydroxylation is 1. The predicted molar refractivity (Wildman–Crippen MR) is 126 cm³/mol. The van der Waals surface area contributed by atoms with Crippen LogP contribution in [0.3, 0.4) is 0 Å². The van der Waals surface area contributed by atoms with Crippen molar-refractivity contribution in [1.29, 1.82) is 0 Å². The number of hydrogen-bond donors (Lipinski definition) is 1. The van der Waals surface area contributed by atoms with Crippen molar-refractivity contribution in [2.24, 2.45) is 0 Å². The SMILES string of the molecule is [2H]C([2H])([2H])c1cc(C(F)(F)F)nc(N2CCN(S(=O)(=O)c3ccc(N4CC(N[B]C=O)CC4=O)cc3)CC2)n1. The molecule has 1 aromatic carbocycles.